The lowest BCUT2D eigenvalue weighted by Crippen LogP contribution is -2.46. The van der Waals surface area contributed by atoms with Crippen LogP contribution < -0.4 is 5.73 Å². The van der Waals surface area contributed by atoms with Crippen LogP contribution in [-0.4, -0.2) is 21.9 Å². The summed E-state index contributed by atoms with van der Waals surface area (Å²) in [6, 6.07) is 3.18. The Morgan fingerprint density at radius 3 is 2.75 bits per heavy atom. The van der Waals surface area contributed by atoms with Gasteiger partial charge in [0.15, 0.2) is 0 Å². The van der Waals surface area contributed by atoms with Crippen LogP contribution in [0.4, 0.5) is 0 Å². The van der Waals surface area contributed by atoms with Crippen molar-refractivity contribution < 1.29 is 9.90 Å². The van der Waals surface area contributed by atoms with Crippen LogP contribution in [0.2, 0.25) is 0 Å². The molecule has 0 spiro atoms. The van der Waals surface area contributed by atoms with Gasteiger partial charge >= 0.3 is 5.97 Å². The molecule has 16 heavy (non-hydrogen) atoms. The molecule has 0 aliphatic heterocycles. The van der Waals surface area contributed by atoms with E-state index in [9.17, 15) is 4.79 Å². The van der Waals surface area contributed by atoms with Crippen molar-refractivity contribution in [1.82, 2.24) is 0 Å². The maximum absolute atomic E-state index is 10.8. The minimum absolute atomic E-state index is 0.470. The van der Waals surface area contributed by atoms with Crippen molar-refractivity contribution >= 4 is 45.0 Å². The van der Waals surface area contributed by atoms with Crippen molar-refractivity contribution in [1.29, 1.82) is 0 Å². The predicted molar refractivity (Wildman–Crippen MR) is 73.0 cm³/mol. The van der Waals surface area contributed by atoms with Crippen LogP contribution in [0.5, 0.6) is 0 Å². The molecule has 90 valence electrons. The Labute approximate surface area is 112 Å². The third-order valence-electron chi connectivity index (χ3n) is 2.23. The first-order valence-corrected chi connectivity index (χ1v) is 7.29. The molecule has 0 radical (unpaired) electrons. The molecule has 0 aromatic carbocycles. The highest BCUT2D eigenvalue weighted by atomic mass is 79.9. The third-order valence-corrected chi connectivity index (χ3v) is 5.49. The summed E-state index contributed by atoms with van der Waals surface area (Å²) in [6.07, 6.45) is 0. The number of hydrogen-bond acceptors (Lipinski definition) is 4. The first-order valence-electron chi connectivity index (χ1n) is 4.69. The Morgan fingerprint density at radius 1 is 1.69 bits per heavy atom. The molecule has 1 aromatic rings. The van der Waals surface area contributed by atoms with Crippen LogP contribution in [0.25, 0.3) is 0 Å². The van der Waals surface area contributed by atoms with Gasteiger partial charge in [0.1, 0.15) is 6.04 Å². The second kappa shape index (κ2) is 5.53. The summed E-state index contributed by atoms with van der Waals surface area (Å²) >= 11 is 6.62. The quantitative estimate of drug-likeness (QED) is 0.874. The molecule has 0 saturated heterocycles. The first kappa shape index (κ1) is 14.0. The van der Waals surface area contributed by atoms with Gasteiger partial charge in [0.2, 0.25) is 0 Å². The van der Waals surface area contributed by atoms with Crippen LogP contribution in [0.3, 0.4) is 0 Å². The summed E-state index contributed by atoms with van der Waals surface area (Å²) < 4.78 is 0.617. The molecular weight excluding hydrogens is 310 g/mol. The Morgan fingerprint density at radius 2 is 2.31 bits per heavy atom. The molecule has 3 nitrogen and oxygen atoms in total. The standard InChI is InChI=1S/C10H14BrNO2S2/c1-10(2,8(12)9(13)14)15-5-6-3-4-7(11)16-6/h3-4,8H,5,12H2,1-2H3,(H,13,14)/t8-/m1/s1. The Balaban J connectivity index is 2.57. The Bertz CT molecular complexity index is 379. The fourth-order valence-electron chi connectivity index (χ4n) is 1.07. The average molecular weight is 324 g/mol. The second-order valence-electron chi connectivity index (χ2n) is 3.91. The highest BCUT2D eigenvalue weighted by Crippen LogP contribution is 2.33. The third kappa shape index (κ3) is 3.76. The van der Waals surface area contributed by atoms with Crippen molar-refractivity contribution in [3.8, 4) is 0 Å². The van der Waals surface area contributed by atoms with E-state index in [4.69, 9.17) is 10.8 Å². The molecule has 0 aliphatic rings. The summed E-state index contributed by atoms with van der Waals surface area (Å²) in [7, 11) is 0. The summed E-state index contributed by atoms with van der Waals surface area (Å²) in [6.45, 7) is 3.72. The maximum atomic E-state index is 10.8. The van der Waals surface area contributed by atoms with Gasteiger partial charge < -0.3 is 10.8 Å². The van der Waals surface area contributed by atoms with E-state index in [1.165, 1.54) is 4.88 Å². The molecule has 0 fully saturated rings. The molecule has 1 heterocycles. The largest absolute Gasteiger partial charge is 0.480 e. The minimum atomic E-state index is -0.954. The molecule has 0 bridgehead atoms. The summed E-state index contributed by atoms with van der Waals surface area (Å²) in [5.74, 6) is -0.172. The van der Waals surface area contributed by atoms with E-state index in [1.54, 1.807) is 23.1 Å². The number of carbonyl (C=O) groups is 1. The lowest BCUT2D eigenvalue weighted by Gasteiger charge is -2.27. The lowest BCUT2D eigenvalue weighted by atomic mass is 10.1. The number of hydrogen-bond donors (Lipinski definition) is 2. The maximum Gasteiger partial charge on any atom is 0.321 e. The van der Waals surface area contributed by atoms with Crippen LogP contribution in [0.15, 0.2) is 15.9 Å². The number of thiophene rings is 1. The van der Waals surface area contributed by atoms with Crippen LogP contribution in [-0.2, 0) is 10.5 Å². The number of halogens is 1. The van der Waals surface area contributed by atoms with Gasteiger partial charge in [0.25, 0.3) is 0 Å². The zero-order valence-corrected chi connectivity index (χ0v) is 12.3. The van der Waals surface area contributed by atoms with Crippen molar-refractivity contribution in [3.05, 3.63) is 20.8 Å². The lowest BCUT2D eigenvalue weighted by molar-refractivity contribution is -0.139. The van der Waals surface area contributed by atoms with E-state index in [1.807, 2.05) is 26.0 Å². The monoisotopic (exact) mass is 323 g/mol. The normalized spacial score (nSPS) is 13.8. The number of thioether (sulfide) groups is 1. The molecule has 6 heteroatoms. The fourth-order valence-corrected chi connectivity index (χ4v) is 3.66. The molecule has 0 unspecified atom stereocenters. The zero-order valence-electron chi connectivity index (χ0n) is 9.07. The number of nitrogens with two attached hydrogens (primary N) is 1. The van der Waals surface area contributed by atoms with E-state index in [0.29, 0.717) is 0 Å². The van der Waals surface area contributed by atoms with Gasteiger partial charge in [-0.05, 0) is 41.9 Å². The van der Waals surface area contributed by atoms with Gasteiger partial charge in [-0.2, -0.15) is 0 Å². The SMILES string of the molecule is CC(C)(SCc1ccc(Br)s1)[C@H](N)C(=O)O. The molecule has 0 aliphatic carbocycles. The molecule has 1 rings (SSSR count). The fraction of sp³-hybridized carbons (Fsp3) is 0.500. The summed E-state index contributed by atoms with van der Waals surface area (Å²) in [4.78, 5) is 12.0. The van der Waals surface area contributed by atoms with Gasteiger partial charge in [-0.3, -0.25) is 4.79 Å². The molecule has 1 atom stereocenters. The van der Waals surface area contributed by atoms with E-state index in [-0.39, 0.29) is 0 Å². The van der Waals surface area contributed by atoms with Crippen molar-refractivity contribution in [2.45, 2.75) is 30.4 Å². The van der Waals surface area contributed by atoms with E-state index >= 15 is 0 Å². The smallest absolute Gasteiger partial charge is 0.321 e. The number of aliphatic carboxylic acids is 1. The molecule has 1 aromatic heterocycles. The van der Waals surface area contributed by atoms with E-state index in [0.717, 1.165) is 9.54 Å². The highest BCUT2D eigenvalue weighted by Gasteiger charge is 2.32. The Kier molecular flexibility index (Phi) is 4.85. The van der Waals surface area contributed by atoms with Crippen molar-refractivity contribution in [2.24, 2.45) is 5.73 Å². The van der Waals surface area contributed by atoms with Gasteiger partial charge in [0.05, 0.1) is 3.79 Å². The number of carboxylic acids is 1. The van der Waals surface area contributed by atoms with Crippen molar-refractivity contribution in [2.75, 3.05) is 0 Å². The van der Waals surface area contributed by atoms with E-state index in [2.05, 4.69) is 15.9 Å². The minimum Gasteiger partial charge on any atom is -0.480 e. The number of rotatable bonds is 5. The molecular formula is C10H14BrNO2S2. The first-order chi connectivity index (χ1) is 7.33. The van der Waals surface area contributed by atoms with Gasteiger partial charge in [-0.1, -0.05) is 0 Å². The Hall–Kier alpha value is -0.0400. The van der Waals surface area contributed by atoms with Crippen LogP contribution in [0.1, 0.15) is 18.7 Å². The molecule has 0 saturated carbocycles. The molecule has 3 N–H and O–H groups in total. The van der Waals surface area contributed by atoms with Crippen LogP contribution >= 0.6 is 39.0 Å². The van der Waals surface area contributed by atoms with Gasteiger partial charge in [-0.15, -0.1) is 23.1 Å². The zero-order chi connectivity index (χ0) is 12.3. The topological polar surface area (TPSA) is 63.3 Å². The van der Waals surface area contributed by atoms with E-state index < -0.39 is 16.8 Å². The predicted octanol–water partition coefficient (Wildman–Crippen LogP) is 2.93. The van der Waals surface area contributed by atoms with Gasteiger partial charge in [-0.25, -0.2) is 0 Å². The molecule has 0 amide bonds. The van der Waals surface area contributed by atoms with Crippen LogP contribution in [0, 0.1) is 0 Å². The van der Waals surface area contributed by atoms with Gasteiger partial charge in [0, 0.05) is 15.4 Å². The summed E-state index contributed by atoms with van der Waals surface area (Å²) in [5.41, 5.74) is 5.64. The average Bonchev–Trinajstić information content (AvgIpc) is 2.60. The summed E-state index contributed by atoms with van der Waals surface area (Å²) in [5, 5.41) is 8.88. The number of carboxylic acid groups (broad SMARTS) is 1. The highest BCUT2D eigenvalue weighted by molar-refractivity contribution is 9.11. The van der Waals surface area contributed by atoms with Crippen molar-refractivity contribution in [3.63, 3.8) is 0 Å². The second-order valence-corrected chi connectivity index (χ2v) is 8.09.